The van der Waals surface area contributed by atoms with E-state index in [1.54, 1.807) is 12.1 Å². The molecule has 0 radical (unpaired) electrons. The summed E-state index contributed by atoms with van der Waals surface area (Å²) in [7, 11) is -2.53. The first-order chi connectivity index (χ1) is 18.7. The number of nitrogens with one attached hydrogen (secondary N) is 1. The summed E-state index contributed by atoms with van der Waals surface area (Å²) < 4.78 is 44.5. The highest BCUT2D eigenvalue weighted by Crippen LogP contribution is 2.23. The van der Waals surface area contributed by atoms with Crippen molar-refractivity contribution in [2.24, 2.45) is 5.92 Å². The molecule has 212 valence electrons. The highest BCUT2D eigenvalue weighted by atomic mass is 32.2. The smallest absolute Gasteiger partial charge is 0.407 e. The van der Waals surface area contributed by atoms with E-state index in [9.17, 15) is 18.3 Å². The molecule has 2 aromatic carbocycles. The first kappa shape index (κ1) is 30.4. The Kier molecular flexibility index (Phi) is 11.6. The van der Waals surface area contributed by atoms with Gasteiger partial charge in [-0.15, -0.1) is 0 Å². The highest BCUT2D eigenvalue weighted by molar-refractivity contribution is 7.89. The summed E-state index contributed by atoms with van der Waals surface area (Å²) in [5.41, 5.74) is 0.859. The van der Waals surface area contributed by atoms with Gasteiger partial charge >= 0.3 is 6.09 Å². The molecule has 1 fully saturated rings. The molecule has 3 rings (SSSR count). The molecule has 2 aromatic rings. The second-order valence-corrected chi connectivity index (χ2v) is 11.6. The van der Waals surface area contributed by atoms with Crippen molar-refractivity contribution in [1.29, 1.82) is 5.26 Å². The molecule has 1 amide bonds. The third-order valence-electron chi connectivity index (χ3n) is 6.58. The van der Waals surface area contributed by atoms with Crippen LogP contribution in [0.25, 0.3) is 0 Å². The first-order valence-corrected chi connectivity index (χ1v) is 14.4. The number of aliphatic hydroxyl groups is 1. The predicted octanol–water partition coefficient (Wildman–Crippen LogP) is 3.11. The summed E-state index contributed by atoms with van der Waals surface area (Å²) in [5.74, 6) is 0.374. The van der Waals surface area contributed by atoms with Gasteiger partial charge in [-0.1, -0.05) is 37.3 Å². The minimum atomic E-state index is -4.02. The third kappa shape index (κ3) is 9.21. The average Bonchev–Trinajstić information content (AvgIpc) is 3.44. The predicted molar refractivity (Wildman–Crippen MR) is 145 cm³/mol. The number of methoxy groups -OCH3 is 1. The maximum Gasteiger partial charge on any atom is 0.407 e. The SMILES string of the molecule is COc1ccc(S(=O)(=O)N(CC(C)CCC#N)C[C@@H](O)[C@H](Cc2ccccc2)NC(=O)OC2CCOC2)cc1. The molecule has 0 aromatic heterocycles. The van der Waals surface area contributed by atoms with E-state index in [1.165, 1.54) is 23.5 Å². The van der Waals surface area contributed by atoms with Gasteiger partial charge in [-0.25, -0.2) is 13.2 Å². The number of carbonyl (C=O) groups excluding carboxylic acids is 1. The summed E-state index contributed by atoms with van der Waals surface area (Å²) in [6.07, 6.45) is -0.678. The summed E-state index contributed by atoms with van der Waals surface area (Å²) in [6, 6.07) is 16.6. The molecule has 11 heteroatoms. The highest BCUT2D eigenvalue weighted by Gasteiger charge is 2.32. The van der Waals surface area contributed by atoms with Crippen LogP contribution in [0.2, 0.25) is 0 Å². The summed E-state index contributed by atoms with van der Waals surface area (Å²) in [4.78, 5) is 12.7. The van der Waals surface area contributed by atoms with Crippen LogP contribution < -0.4 is 10.1 Å². The molecule has 1 aliphatic heterocycles. The van der Waals surface area contributed by atoms with E-state index in [0.29, 0.717) is 31.8 Å². The van der Waals surface area contributed by atoms with E-state index < -0.39 is 28.3 Å². The maximum atomic E-state index is 13.7. The Morgan fingerprint density at radius 2 is 1.92 bits per heavy atom. The molecule has 4 atom stereocenters. The normalized spacial score (nSPS) is 17.7. The van der Waals surface area contributed by atoms with Crippen LogP contribution in [0.15, 0.2) is 59.5 Å². The fraction of sp³-hybridized carbons (Fsp3) is 0.500. The van der Waals surface area contributed by atoms with Crippen LogP contribution in [-0.4, -0.2) is 75.6 Å². The van der Waals surface area contributed by atoms with Crippen LogP contribution in [-0.2, 0) is 25.9 Å². The Morgan fingerprint density at radius 1 is 1.21 bits per heavy atom. The molecular formula is C28H37N3O7S. The number of amides is 1. The van der Waals surface area contributed by atoms with Crippen molar-refractivity contribution in [3.63, 3.8) is 0 Å². The molecule has 39 heavy (non-hydrogen) atoms. The van der Waals surface area contributed by atoms with Gasteiger partial charge in [0.1, 0.15) is 11.9 Å². The number of rotatable bonds is 14. The van der Waals surface area contributed by atoms with Crippen LogP contribution in [0.4, 0.5) is 4.79 Å². The van der Waals surface area contributed by atoms with Crippen molar-refractivity contribution in [1.82, 2.24) is 9.62 Å². The molecule has 2 unspecified atom stereocenters. The standard InChI is InChI=1S/C28H37N3O7S/c1-21(7-6-15-29)18-31(39(34,35)25-12-10-23(36-2)11-13-25)19-27(32)26(17-22-8-4-3-5-9-22)30-28(33)38-24-14-16-37-20-24/h3-5,8-13,21,24,26-27,32H,6-7,14,16-20H2,1-2H3,(H,30,33)/t21?,24?,26-,27+/m0/s1. The van der Waals surface area contributed by atoms with Crippen molar-refractivity contribution in [2.75, 3.05) is 33.4 Å². The minimum absolute atomic E-state index is 0.0520. The zero-order valence-electron chi connectivity index (χ0n) is 22.4. The van der Waals surface area contributed by atoms with E-state index in [0.717, 1.165) is 5.56 Å². The van der Waals surface area contributed by atoms with Crippen molar-refractivity contribution < 1.29 is 32.5 Å². The lowest BCUT2D eigenvalue weighted by atomic mass is 10.0. The van der Waals surface area contributed by atoms with E-state index in [1.807, 2.05) is 37.3 Å². The molecule has 2 N–H and O–H groups in total. The van der Waals surface area contributed by atoms with Gasteiger partial charge in [0.15, 0.2) is 0 Å². The van der Waals surface area contributed by atoms with Gasteiger partial charge in [-0.3, -0.25) is 0 Å². The number of nitriles is 1. The number of alkyl carbamates (subject to hydrolysis) is 1. The van der Waals surface area contributed by atoms with Gasteiger partial charge < -0.3 is 24.6 Å². The fourth-order valence-electron chi connectivity index (χ4n) is 4.35. The van der Waals surface area contributed by atoms with Crippen LogP contribution in [0.5, 0.6) is 5.75 Å². The fourth-order valence-corrected chi connectivity index (χ4v) is 5.93. The molecule has 0 spiro atoms. The average molecular weight is 560 g/mol. The van der Waals surface area contributed by atoms with Gasteiger partial charge in [0.2, 0.25) is 10.0 Å². The topological polar surface area (TPSA) is 138 Å². The largest absolute Gasteiger partial charge is 0.497 e. The minimum Gasteiger partial charge on any atom is -0.497 e. The van der Waals surface area contributed by atoms with Crippen LogP contribution in [0, 0.1) is 17.2 Å². The van der Waals surface area contributed by atoms with E-state index >= 15 is 0 Å². The molecule has 0 saturated carbocycles. The van der Waals surface area contributed by atoms with Crippen LogP contribution >= 0.6 is 0 Å². The van der Waals surface area contributed by atoms with Gasteiger partial charge in [0.25, 0.3) is 0 Å². The van der Waals surface area contributed by atoms with Gasteiger partial charge in [0, 0.05) is 25.9 Å². The Hall–Kier alpha value is -3.17. The molecule has 0 aliphatic carbocycles. The Labute approximate surface area is 230 Å². The van der Waals surface area contributed by atoms with Gasteiger partial charge in [-0.2, -0.15) is 9.57 Å². The van der Waals surface area contributed by atoms with Gasteiger partial charge in [0.05, 0.1) is 43.4 Å². The molecular weight excluding hydrogens is 522 g/mol. The number of benzene rings is 2. The summed E-state index contributed by atoms with van der Waals surface area (Å²) >= 11 is 0. The third-order valence-corrected chi connectivity index (χ3v) is 8.43. The number of hydrogen-bond acceptors (Lipinski definition) is 8. The second kappa shape index (κ2) is 14.8. The Bertz CT molecular complexity index is 1180. The number of hydrogen-bond donors (Lipinski definition) is 2. The lowest BCUT2D eigenvalue weighted by Gasteiger charge is -2.31. The number of nitrogens with zero attached hydrogens (tertiary/aromatic N) is 2. The Morgan fingerprint density at radius 3 is 2.54 bits per heavy atom. The summed E-state index contributed by atoms with van der Waals surface area (Å²) in [6.45, 7) is 2.51. The lowest BCUT2D eigenvalue weighted by Crippen LogP contribution is -2.51. The summed E-state index contributed by atoms with van der Waals surface area (Å²) in [5, 5.41) is 23.1. The molecule has 1 saturated heterocycles. The van der Waals surface area contributed by atoms with Crippen LogP contribution in [0.3, 0.4) is 0 Å². The van der Waals surface area contributed by atoms with Crippen molar-refractivity contribution >= 4 is 16.1 Å². The van der Waals surface area contributed by atoms with Crippen molar-refractivity contribution in [3.05, 3.63) is 60.2 Å². The monoisotopic (exact) mass is 559 g/mol. The lowest BCUT2D eigenvalue weighted by molar-refractivity contribution is 0.0642. The number of ether oxygens (including phenoxy) is 3. The number of aliphatic hydroxyl groups excluding tert-OH is 1. The van der Waals surface area contributed by atoms with Crippen LogP contribution in [0.1, 0.15) is 31.7 Å². The zero-order valence-corrected chi connectivity index (χ0v) is 23.2. The van der Waals surface area contributed by atoms with Crippen molar-refractivity contribution in [3.8, 4) is 11.8 Å². The number of sulfonamides is 1. The second-order valence-electron chi connectivity index (χ2n) is 9.70. The molecule has 1 heterocycles. The number of carbonyl (C=O) groups is 1. The molecule has 10 nitrogen and oxygen atoms in total. The quantitative estimate of drug-likeness (QED) is 0.360. The molecule has 1 aliphatic rings. The molecule has 0 bridgehead atoms. The maximum absolute atomic E-state index is 13.7. The van der Waals surface area contributed by atoms with E-state index in [2.05, 4.69) is 11.4 Å². The van der Waals surface area contributed by atoms with E-state index in [-0.39, 0.29) is 42.8 Å². The Balaban J connectivity index is 1.83. The van der Waals surface area contributed by atoms with Gasteiger partial charge in [-0.05, 0) is 48.6 Å². The van der Waals surface area contributed by atoms with Crippen molar-refractivity contribution in [2.45, 2.75) is 55.8 Å². The van der Waals surface area contributed by atoms with E-state index in [4.69, 9.17) is 19.5 Å². The zero-order chi connectivity index (χ0) is 28.3. The first-order valence-electron chi connectivity index (χ1n) is 13.0.